The first-order valence-corrected chi connectivity index (χ1v) is 6.76. The van der Waals surface area contributed by atoms with Gasteiger partial charge in [-0.3, -0.25) is 0 Å². The van der Waals surface area contributed by atoms with E-state index in [1.165, 1.54) is 0 Å². The van der Waals surface area contributed by atoms with Crippen molar-refractivity contribution in [2.75, 3.05) is 29.5 Å². The summed E-state index contributed by atoms with van der Waals surface area (Å²) in [6.07, 6.45) is 1.00. The molecule has 0 spiro atoms. The molecule has 2 aromatic rings. The molecule has 0 amide bonds. The Morgan fingerprint density at radius 1 is 1.29 bits per heavy atom. The van der Waals surface area contributed by atoms with E-state index >= 15 is 0 Å². The van der Waals surface area contributed by atoms with E-state index in [1.807, 2.05) is 30.1 Å². The van der Waals surface area contributed by atoms with Crippen LogP contribution in [0.5, 0.6) is 0 Å². The van der Waals surface area contributed by atoms with Crippen LogP contribution in [0.25, 0.3) is 0 Å². The fraction of sp³-hybridized carbons (Fsp3) is 0.267. The number of hydrogen-bond donors (Lipinski definition) is 2. The van der Waals surface area contributed by atoms with Gasteiger partial charge in [0.1, 0.15) is 11.6 Å². The first-order chi connectivity index (χ1) is 10.1. The predicted octanol–water partition coefficient (Wildman–Crippen LogP) is 2.52. The van der Waals surface area contributed by atoms with Crippen LogP contribution in [0.3, 0.4) is 0 Å². The topological polar surface area (TPSA) is 90.9 Å². The molecule has 2 rings (SSSR count). The van der Waals surface area contributed by atoms with Crippen molar-refractivity contribution in [1.29, 1.82) is 5.26 Å². The van der Waals surface area contributed by atoms with Crippen LogP contribution in [0.2, 0.25) is 0 Å². The number of nitrogens with one attached hydrogen (secondary N) is 1. The molecule has 0 aliphatic rings. The van der Waals surface area contributed by atoms with Crippen LogP contribution in [-0.2, 0) is 0 Å². The number of anilines is 4. The van der Waals surface area contributed by atoms with Gasteiger partial charge in [0.2, 0.25) is 5.95 Å². The molecule has 0 aliphatic heterocycles. The molecule has 21 heavy (non-hydrogen) atoms. The molecule has 108 valence electrons. The molecule has 0 saturated carbocycles. The number of nitrogens with zero attached hydrogens (tertiary/aromatic N) is 4. The van der Waals surface area contributed by atoms with Gasteiger partial charge in [-0.2, -0.15) is 15.2 Å². The molecule has 0 bridgehead atoms. The van der Waals surface area contributed by atoms with E-state index in [0.29, 0.717) is 17.2 Å². The van der Waals surface area contributed by atoms with E-state index in [-0.39, 0.29) is 5.95 Å². The maximum absolute atomic E-state index is 8.83. The minimum atomic E-state index is 0.228. The first-order valence-electron chi connectivity index (χ1n) is 6.76. The van der Waals surface area contributed by atoms with E-state index in [4.69, 9.17) is 11.0 Å². The molecule has 1 aromatic carbocycles. The lowest BCUT2D eigenvalue weighted by atomic mass is 10.2. The summed E-state index contributed by atoms with van der Waals surface area (Å²) < 4.78 is 0. The molecule has 0 saturated heterocycles. The van der Waals surface area contributed by atoms with Gasteiger partial charge >= 0.3 is 0 Å². The summed E-state index contributed by atoms with van der Waals surface area (Å²) in [5, 5.41) is 12.0. The minimum absolute atomic E-state index is 0.228. The van der Waals surface area contributed by atoms with Crippen LogP contribution in [0.4, 0.5) is 23.3 Å². The quantitative estimate of drug-likeness (QED) is 0.875. The van der Waals surface area contributed by atoms with Gasteiger partial charge in [-0.15, -0.1) is 0 Å². The van der Waals surface area contributed by atoms with Crippen LogP contribution < -0.4 is 16.0 Å². The second kappa shape index (κ2) is 6.57. The van der Waals surface area contributed by atoms with E-state index in [2.05, 4.69) is 28.3 Å². The summed E-state index contributed by atoms with van der Waals surface area (Å²) in [4.78, 5) is 10.3. The Hall–Kier alpha value is -2.81. The highest BCUT2D eigenvalue weighted by atomic mass is 15.2. The molecule has 0 atom stereocenters. The summed E-state index contributed by atoms with van der Waals surface area (Å²) in [5.41, 5.74) is 7.31. The van der Waals surface area contributed by atoms with Gasteiger partial charge in [0.15, 0.2) is 0 Å². The van der Waals surface area contributed by atoms with Gasteiger partial charge in [0.05, 0.1) is 11.6 Å². The summed E-state index contributed by atoms with van der Waals surface area (Å²) >= 11 is 0. The normalized spacial score (nSPS) is 9.95. The van der Waals surface area contributed by atoms with Crippen molar-refractivity contribution in [2.45, 2.75) is 13.3 Å². The van der Waals surface area contributed by atoms with Gasteiger partial charge < -0.3 is 16.0 Å². The van der Waals surface area contributed by atoms with Crippen molar-refractivity contribution < 1.29 is 0 Å². The van der Waals surface area contributed by atoms with Crippen LogP contribution >= 0.6 is 0 Å². The van der Waals surface area contributed by atoms with Gasteiger partial charge in [-0.1, -0.05) is 6.92 Å². The second-order valence-corrected chi connectivity index (χ2v) is 4.61. The number of hydrogen-bond acceptors (Lipinski definition) is 6. The smallest absolute Gasteiger partial charge is 0.223 e. The standard InChI is InChI=1S/C15H18N6/c1-3-8-18-13-9-14(20-15(17)19-13)21(2)12-6-4-11(10-16)5-7-12/h4-7,9H,3,8H2,1-2H3,(H3,17,18,19,20). The third-order valence-corrected chi connectivity index (χ3v) is 3.01. The Bertz CT molecular complexity index is 644. The number of benzene rings is 1. The van der Waals surface area contributed by atoms with Crippen molar-refractivity contribution in [2.24, 2.45) is 0 Å². The van der Waals surface area contributed by atoms with Crippen LogP contribution in [0.1, 0.15) is 18.9 Å². The van der Waals surface area contributed by atoms with Crippen LogP contribution in [0.15, 0.2) is 30.3 Å². The number of nitriles is 1. The number of rotatable bonds is 5. The van der Waals surface area contributed by atoms with E-state index in [9.17, 15) is 0 Å². The maximum Gasteiger partial charge on any atom is 0.223 e. The number of nitrogen functional groups attached to an aromatic ring is 1. The Balaban J connectivity index is 2.26. The maximum atomic E-state index is 8.83. The Labute approximate surface area is 124 Å². The molecule has 1 heterocycles. The van der Waals surface area contributed by atoms with Crippen LogP contribution in [-0.4, -0.2) is 23.6 Å². The van der Waals surface area contributed by atoms with Gasteiger partial charge in [-0.25, -0.2) is 0 Å². The zero-order valence-electron chi connectivity index (χ0n) is 12.2. The molecular weight excluding hydrogens is 264 g/mol. The van der Waals surface area contributed by atoms with E-state index in [1.54, 1.807) is 12.1 Å². The third-order valence-electron chi connectivity index (χ3n) is 3.01. The second-order valence-electron chi connectivity index (χ2n) is 4.61. The third kappa shape index (κ3) is 3.60. The van der Waals surface area contributed by atoms with Gasteiger partial charge in [0.25, 0.3) is 0 Å². The fourth-order valence-corrected chi connectivity index (χ4v) is 1.86. The summed E-state index contributed by atoms with van der Waals surface area (Å²) in [5.74, 6) is 1.64. The lowest BCUT2D eigenvalue weighted by Gasteiger charge is -2.19. The van der Waals surface area contributed by atoms with Crippen molar-refractivity contribution in [3.8, 4) is 6.07 Å². The predicted molar refractivity (Wildman–Crippen MR) is 84.4 cm³/mol. The molecule has 6 heteroatoms. The Morgan fingerprint density at radius 3 is 2.62 bits per heavy atom. The molecular formula is C15H18N6. The van der Waals surface area contributed by atoms with Crippen molar-refractivity contribution in [3.63, 3.8) is 0 Å². The number of nitrogens with two attached hydrogens (primary N) is 1. The van der Waals surface area contributed by atoms with Crippen molar-refractivity contribution in [1.82, 2.24) is 9.97 Å². The summed E-state index contributed by atoms with van der Waals surface area (Å²) in [6, 6.07) is 11.2. The Morgan fingerprint density at radius 2 is 2.00 bits per heavy atom. The van der Waals surface area contributed by atoms with Crippen LogP contribution in [0, 0.1) is 11.3 Å². The highest BCUT2D eigenvalue weighted by molar-refractivity contribution is 5.63. The molecule has 0 unspecified atom stereocenters. The molecule has 0 aliphatic carbocycles. The SMILES string of the molecule is CCCNc1cc(N(C)c2ccc(C#N)cc2)nc(N)n1. The first kappa shape index (κ1) is 14.6. The number of aromatic nitrogens is 2. The van der Waals surface area contributed by atoms with Crippen molar-refractivity contribution in [3.05, 3.63) is 35.9 Å². The molecule has 6 nitrogen and oxygen atoms in total. The van der Waals surface area contributed by atoms with E-state index in [0.717, 1.165) is 18.7 Å². The molecule has 1 aromatic heterocycles. The Kier molecular flexibility index (Phi) is 4.57. The molecule has 3 N–H and O–H groups in total. The van der Waals surface area contributed by atoms with Gasteiger partial charge in [-0.05, 0) is 30.7 Å². The average molecular weight is 282 g/mol. The highest BCUT2D eigenvalue weighted by Gasteiger charge is 2.09. The zero-order valence-corrected chi connectivity index (χ0v) is 12.2. The zero-order chi connectivity index (χ0) is 15.2. The minimum Gasteiger partial charge on any atom is -0.370 e. The highest BCUT2D eigenvalue weighted by Crippen LogP contribution is 2.24. The fourth-order valence-electron chi connectivity index (χ4n) is 1.86. The van der Waals surface area contributed by atoms with Gasteiger partial charge in [0, 0.05) is 25.3 Å². The molecule has 0 radical (unpaired) electrons. The van der Waals surface area contributed by atoms with E-state index < -0.39 is 0 Å². The lowest BCUT2D eigenvalue weighted by Crippen LogP contribution is -2.14. The largest absolute Gasteiger partial charge is 0.370 e. The molecule has 0 fully saturated rings. The van der Waals surface area contributed by atoms with Crippen molar-refractivity contribution >= 4 is 23.3 Å². The summed E-state index contributed by atoms with van der Waals surface area (Å²) in [6.45, 7) is 2.91. The summed E-state index contributed by atoms with van der Waals surface area (Å²) in [7, 11) is 1.90. The lowest BCUT2D eigenvalue weighted by molar-refractivity contribution is 0.964. The average Bonchev–Trinajstić information content (AvgIpc) is 2.51. The monoisotopic (exact) mass is 282 g/mol.